The fraction of sp³-hybridized carbons (Fsp3) is 0.647. The zero-order valence-electron chi connectivity index (χ0n) is 11.9. The molecule has 0 bridgehead atoms. The van der Waals surface area contributed by atoms with Gasteiger partial charge in [-0.15, -0.1) is 11.6 Å². The molecule has 1 atom stereocenters. The Morgan fingerprint density at radius 2 is 1.95 bits per heavy atom. The molecular formula is C17H24ClN. The van der Waals surface area contributed by atoms with E-state index < -0.39 is 0 Å². The van der Waals surface area contributed by atoms with Crippen molar-refractivity contribution in [2.75, 3.05) is 11.4 Å². The van der Waals surface area contributed by atoms with Crippen LogP contribution in [0.4, 0.5) is 5.69 Å². The van der Waals surface area contributed by atoms with Crippen molar-refractivity contribution in [2.45, 2.75) is 57.4 Å². The van der Waals surface area contributed by atoms with Crippen LogP contribution in [0.25, 0.3) is 0 Å². The van der Waals surface area contributed by atoms with Crippen LogP contribution in [0.3, 0.4) is 0 Å². The Balaban J connectivity index is 1.83. The van der Waals surface area contributed by atoms with Crippen molar-refractivity contribution < 1.29 is 0 Å². The van der Waals surface area contributed by atoms with Crippen LogP contribution < -0.4 is 4.90 Å². The molecule has 0 spiro atoms. The molecule has 1 aromatic rings. The average molecular weight is 278 g/mol. The van der Waals surface area contributed by atoms with Crippen LogP contribution in [0.15, 0.2) is 18.2 Å². The highest BCUT2D eigenvalue weighted by Gasteiger charge is 2.33. The first-order valence-electron chi connectivity index (χ1n) is 7.71. The fourth-order valence-electron chi connectivity index (χ4n) is 4.05. The van der Waals surface area contributed by atoms with Crippen molar-refractivity contribution in [3.8, 4) is 0 Å². The maximum atomic E-state index is 5.93. The molecule has 1 heterocycles. The van der Waals surface area contributed by atoms with E-state index >= 15 is 0 Å². The minimum absolute atomic E-state index is 0.618. The molecule has 0 N–H and O–H groups in total. The zero-order valence-corrected chi connectivity index (χ0v) is 12.6. The van der Waals surface area contributed by atoms with E-state index in [9.17, 15) is 0 Å². The minimum atomic E-state index is 0.618. The summed E-state index contributed by atoms with van der Waals surface area (Å²) in [4.78, 5) is 2.68. The Morgan fingerprint density at radius 1 is 1.16 bits per heavy atom. The van der Waals surface area contributed by atoms with Gasteiger partial charge >= 0.3 is 0 Å². The molecule has 0 radical (unpaired) electrons. The Hall–Kier alpha value is -0.690. The van der Waals surface area contributed by atoms with Gasteiger partial charge in [-0.2, -0.15) is 0 Å². The third kappa shape index (κ3) is 2.63. The van der Waals surface area contributed by atoms with Crippen LogP contribution in [0.2, 0.25) is 0 Å². The Morgan fingerprint density at radius 3 is 2.63 bits per heavy atom. The first-order chi connectivity index (χ1) is 9.29. The smallest absolute Gasteiger partial charge is 0.0474 e. The van der Waals surface area contributed by atoms with Gasteiger partial charge in [0.25, 0.3) is 0 Å². The van der Waals surface area contributed by atoms with Gasteiger partial charge in [0, 0.05) is 24.2 Å². The Bertz CT molecular complexity index is 437. The van der Waals surface area contributed by atoms with E-state index in [4.69, 9.17) is 11.6 Å². The first kappa shape index (κ1) is 13.3. The topological polar surface area (TPSA) is 3.24 Å². The van der Waals surface area contributed by atoms with E-state index in [-0.39, 0.29) is 0 Å². The number of benzene rings is 1. The summed E-state index contributed by atoms with van der Waals surface area (Å²) in [6.45, 7) is 3.47. The summed E-state index contributed by atoms with van der Waals surface area (Å²) in [6, 6.07) is 7.54. The molecule has 19 heavy (non-hydrogen) atoms. The zero-order chi connectivity index (χ0) is 13.2. The number of halogens is 1. The predicted molar refractivity (Wildman–Crippen MR) is 83.1 cm³/mol. The van der Waals surface area contributed by atoms with Gasteiger partial charge in [0.1, 0.15) is 0 Å². The van der Waals surface area contributed by atoms with Crippen LogP contribution in [0.1, 0.15) is 49.7 Å². The lowest BCUT2D eigenvalue weighted by Gasteiger charge is -2.32. The van der Waals surface area contributed by atoms with Crippen LogP contribution in [0.5, 0.6) is 0 Å². The fourth-order valence-corrected chi connectivity index (χ4v) is 4.21. The van der Waals surface area contributed by atoms with Crippen molar-refractivity contribution in [1.29, 1.82) is 0 Å². The van der Waals surface area contributed by atoms with Gasteiger partial charge in [0.2, 0.25) is 0 Å². The van der Waals surface area contributed by atoms with Crippen molar-refractivity contribution in [3.05, 3.63) is 29.3 Å². The molecule has 1 nitrogen and oxygen atoms in total. The lowest BCUT2D eigenvalue weighted by atomic mass is 9.95. The maximum Gasteiger partial charge on any atom is 0.0474 e. The van der Waals surface area contributed by atoms with Gasteiger partial charge < -0.3 is 4.90 Å². The highest BCUT2D eigenvalue weighted by Crippen LogP contribution is 2.38. The van der Waals surface area contributed by atoms with Crippen molar-refractivity contribution >= 4 is 17.3 Å². The van der Waals surface area contributed by atoms with E-state index in [0.717, 1.165) is 12.0 Å². The standard InChI is InChI=1S/C17H24ClN/c1-13-11-14(12-18)8-9-16(13)19-10-4-7-17(19)15-5-2-3-6-15/h8-9,11,15,17H,2-7,10,12H2,1H3. The van der Waals surface area contributed by atoms with E-state index in [1.165, 1.54) is 61.9 Å². The highest BCUT2D eigenvalue weighted by molar-refractivity contribution is 6.17. The number of nitrogens with zero attached hydrogens (tertiary/aromatic N) is 1. The third-order valence-electron chi connectivity index (χ3n) is 4.97. The molecule has 1 saturated carbocycles. The van der Waals surface area contributed by atoms with E-state index in [0.29, 0.717) is 5.88 Å². The molecule has 1 aliphatic carbocycles. The van der Waals surface area contributed by atoms with Gasteiger partial charge in [-0.3, -0.25) is 0 Å². The molecule has 2 heteroatoms. The summed E-state index contributed by atoms with van der Waals surface area (Å²) in [5.74, 6) is 1.56. The van der Waals surface area contributed by atoms with E-state index in [1.54, 1.807) is 0 Å². The molecular weight excluding hydrogens is 254 g/mol. The second-order valence-electron chi connectivity index (χ2n) is 6.20. The highest BCUT2D eigenvalue weighted by atomic mass is 35.5. The summed E-state index contributed by atoms with van der Waals surface area (Å²) >= 11 is 5.93. The van der Waals surface area contributed by atoms with Crippen LogP contribution in [-0.2, 0) is 5.88 Å². The Kier molecular flexibility index (Phi) is 4.02. The van der Waals surface area contributed by atoms with Crippen LogP contribution >= 0.6 is 11.6 Å². The van der Waals surface area contributed by atoms with Gasteiger partial charge in [0.15, 0.2) is 0 Å². The SMILES string of the molecule is Cc1cc(CCl)ccc1N1CCCC1C1CCCC1. The lowest BCUT2D eigenvalue weighted by molar-refractivity contribution is 0.430. The van der Waals surface area contributed by atoms with Crippen molar-refractivity contribution in [3.63, 3.8) is 0 Å². The van der Waals surface area contributed by atoms with Crippen molar-refractivity contribution in [2.24, 2.45) is 5.92 Å². The average Bonchev–Trinajstić information content (AvgIpc) is 3.08. The molecule has 1 aromatic carbocycles. The largest absolute Gasteiger partial charge is 0.368 e. The normalized spacial score (nSPS) is 24.3. The lowest BCUT2D eigenvalue weighted by Crippen LogP contribution is -2.35. The number of anilines is 1. The summed E-state index contributed by atoms with van der Waals surface area (Å²) in [5, 5.41) is 0. The monoisotopic (exact) mass is 277 g/mol. The maximum absolute atomic E-state index is 5.93. The second kappa shape index (κ2) is 5.75. The van der Waals surface area contributed by atoms with Crippen LogP contribution in [-0.4, -0.2) is 12.6 Å². The summed E-state index contributed by atoms with van der Waals surface area (Å²) in [5.41, 5.74) is 4.07. The van der Waals surface area contributed by atoms with Crippen LogP contribution in [0, 0.1) is 12.8 Å². The number of alkyl halides is 1. The second-order valence-corrected chi connectivity index (χ2v) is 6.47. The molecule has 104 valence electrons. The predicted octanol–water partition coefficient (Wildman–Crippen LogP) is 4.89. The van der Waals surface area contributed by atoms with E-state index in [1.807, 2.05) is 0 Å². The molecule has 0 aromatic heterocycles. The Labute approximate surface area is 121 Å². The number of aryl methyl sites for hydroxylation is 1. The summed E-state index contributed by atoms with van der Waals surface area (Å²) < 4.78 is 0. The molecule has 2 aliphatic rings. The molecule has 0 amide bonds. The summed E-state index contributed by atoms with van der Waals surface area (Å²) in [6.07, 6.45) is 8.53. The molecule has 2 fully saturated rings. The molecule has 1 aliphatic heterocycles. The molecule has 3 rings (SSSR count). The van der Waals surface area contributed by atoms with Gasteiger partial charge in [-0.1, -0.05) is 25.0 Å². The first-order valence-corrected chi connectivity index (χ1v) is 8.25. The van der Waals surface area contributed by atoms with Gasteiger partial charge in [0.05, 0.1) is 0 Å². The third-order valence-corrected chi connectivity index (χ3v) is 5.28. The quantitative estimate of drug-likeness (QED) is 0.711. The molecule has 1 unspecified atom stereocenters. The summed E-state index contributed by atoms with van der Waals surface area (Å²) in [7, 11) is 0. The van der Waals surface area contributed by atoms with Crippen molar-refractivity contribution in [1.82, 2.24) is 0 Å². The molecule has 1 saturated heterocycles. The number of rotatable bonds is 3. The minimum Gasteiger partial charge on any atom is -0.368 e. The van der Waals surface area contributed by atoms with Gasteiger partial charge in [-0.05, 0) is 55.7 Å². The number of hydrogen-bond acceptors (Lipinski definition) is 1. The van der Waals surface area contributed by atoms with E-state index in [2.05, 4.69) is 30.0 Å². The number of hydrogen-bond donors (Lipinski definition) is 0. The van der Waals surface area contributed by atoms with Gasteiger partial charge in [-0.25, -0.2) is 0 Å².